The van der Waals surface area contributed by atoms with Crippen LogP contribution in [0.25, 0.3) is 77.2 Å². The van der Waals surface area contributed by atoms with Crippen LogP contribution in [0.1, 0.15) is 263 Å². The van der Waals surface area contributed by atoms with Crippen molar-refractivity contribution in [2.45, 2.75) is 273 Å². The molecule has 12 rings (SSSR count). The number of phenolic OH excluding ortho intramolecular Hbond substituents is 2. The maximum atomic E-state index is 16.7. The zero-order valence-electron chi connectivity index (χ0n) is 69.2. The number of rotatable bonds is 16. The first kappa shape index (κ1) is 83.5. The normalized spacial score (nSPS) is 15.1. The van der Waals surface area contributed by atoms with Crippen molar-refractivity contribution < 1.29 is 54.3 Å². The summed E-state index contributed by atoms with van der Waals surface area (Å²) in [5.41, 5.74) is 14.2. The van der Waals surface area contributed by atoms with Crippen molar-refractivity contribution in [2.75, 3.05) is 12.5 Å². The molecule has 2 aromatic heterocycles. The van der Waals surface area contributed by atoms with Crippen molar-refractivity contribution in [3.05, 3.63) is 193 Å². The molecule has 0 unspecified atom stereocenters. The Labute approximate surface area is 656 Å². The maximum absolute atomic E-state index is 16.7. The van der Waals surface area contributed by atoms with Crippen LogP contribution in [0, 0.1) is 37.3 Å². The Balaban J connectivity index is 0.00000433. The molecule has 0 bridgehead atoms. The molecular weight excluding hydrogens is 1490 g/mol. The van der Waals surface area contributed by atoms with E-state index in [1.807, 2.05) is 12.1 Å². The van der Waals surface area contributed by atoms with Crippen LogP contribution in [0.4, 0.5) is 8.78 Å². The number of aliphatic hydroxyl groups is 2. The molecule has 0 radical (unpaired) electrons. The summed E-state index contributed by atoms with van der Waals surface area (Å²) in [4.78, 5) is 0. The number of aromatic nitrogens is 2. The zero-order valence-corrected chi connectivity index (χ0v) is 73.8. The standard InChI is InChI=1S/C94H120F2N2O4Si.2CH3.Hf/c1-87(2,3)55-93(19,20)63-49-75(85(99)81(51-63)97-77-39-33-59(89(7,8)9)45-69(77)70-46-60(90(10,11)12)34-40-78(70)97)73-53-65(95)37-43-83(73)101-57-103(67-29-25-23-26-30-67,68-31-27-24-28-32-68)58-102-84-44-38-66(96)54-74(84)76-50-64(94(21,22)56-88(4,5)6)52-82(86(76)100)98-79-41-35-61(91(13,14)15)47-71(79)72-48-62(92(16,17)18)36-42-80(72)98;;;/h33-54,67-68,99-100H,23-32,55-58H2,1-22H3;2*1H3;/q;2*-1;/p+2. The van der Waals surface area contributed by atoms with Gasteiger partial charge in [-0.15, -0.1) is 0 Å². The molecule has 0 amide bonds. The van der Waals surface area contributed by atoms with Gasteiger partial charge in [-0.25, -0.2) is 8.78 Å². The van der Waals surface area contributed by atoms with E-state index < -0.39 is 19.7 Å². The second-order valence-electron chi connectivity index (χ2n) is 39.5. The summed E-state index contributed by atoms with van der Waals surface area (Å²) in [7, 11) is -2.76. The van der Waals surface area contributed by atoms with Gasteiger partial charge in [0.25, 0.3) is 19.6 Å². The third kappa shape index (κ3) is 16.9. The number of hydrogen-bond acceptors (Lipinski definition) is 2. The first-order valence-corrected chi connectivity index (χ1v) is 41.4. The molecule has 4 N–H and O–H groups in total. The molecule has 2 aliphatic carbocycles. The topological polar surface area (TPSA) is 75.9 Å². The number of aromatic hydroxyl groups is 4. The van der Waals surface area contributed by atoms with Crippen LogP contribution in [0.2, 0.25) is 11.1 Å². The van der Waals surface area contributed by atoms with E-state index in [0.29, 0.717) is 68.7 Å². The van der Waals surface area contributed by atoms with Crippen molar-refractivity contribution >= 4 is 51.7 Å². The Morgan fingerprint density at radius 3 is 0.906 bits per heavy atom. The predicted octanol–water partition coefficient (Wildman–Crippen LogP) is 27.8. The summed E-state index contributed by atoms with van der Waals surface area (Å²) in [6, 6.07) is 45.9. The molecule has 8 aromatic carbocycles. The van der Waals surface area contributed by atoms with Crippen LogP contribution in [0.15, 0.2) is 133 Å². The molecule has 2 fully saturated rings. The molecule has 10 aromatic rings. The van der Waals surface area contributed by atoms with Crippen molar-refractivity contribution in [2.24, 2.45) is 10.8 Å². The minimum Gasteiger partial charge on any atom is -0.585 e. The molecule has 2 saturated carbocycles. The number of ether oxygens (including phenoxy) is 2. The van der Waals surface area contributed by atoms with Crippen molar-refractivity contribution in [3.63, 3.8) is 0 Å². The summed E-state index contributed by atoms with van der Waals surface area (Å²) in [6.45, 7) is 50.1. The van der Waals surface area contributed by atoms with E-state index >= 15 is 8.78 Å². The van der Waals surface area contributed by atoms with E-state index in [1.54, 1.807) is 24.3 Å². The van der Waals surface area contributed by atoms with Gasteiger partial charge in [0, 0.05) is 70.6 Å². The van der Waals surface area contributed by atoms with Gasteiger partial charge in [-0.2, -0.15) is 0 Å². The maximum Gasteiger partial charge on any atom is 0.268 e. The Bertz CT molecular complexity index is 4390. The van der Waals surface area contributed by atoms with E-state index in [2.05, 4.69) is 259 Å². The monoisotopic (exact) mass is 1620 g/mol. The average molecular weight is 1620 g/mol. The fourth-order valence-corrected chi connectivity index (χ4v) is 24.3. The summed E-state index contributed by atoms with van der Waals surface area (Å²) in [5.74, 6) is 0.699. The summed E-state index contributed by atoms with van der Waals surface area (Å²) >= 11 is 0. The van der Waals surface area contributed by atoms with Crippen molar-refractivity contribution in [1.82, 2.24) is 9.13 Å². The summed E-state index contributed by atoms with van der Waals surface area (Å²) in [5, 5.41) is 31.6. The second kappa shape index (κ2) is 30.4. The van der Waals surface area contributed by atoms with E-state index in [0.717, 1.165) is 119 Å². The fraction of sp³-hybridized carbons (Fsp3) is 0.479. The van der Waals surface area contributed by atoms with Crippen LogP contribution < -0.4 is 0 Å². The number of nitrogens with zero attached hydrogens (tertiary/aromatic N) is 2. The SMILES string of the molecule is CC(C)(C)CC(C)(C)c1cc(-c2cc(F)ccc2[OH+]C[Si](C[OH+]c2ccc(F)cc2-c2cc(C(C)(C)CC(C)(C)C)cc(-n3c4ccc(C(C)(C)C)cc4c4cc(C(C)(C)C)ccc43)c2O)(C2CCCCC2)C2CCCCC2)c(O)c(-n2c3ccc(C(C)(C)C)cc3c3cc(C(C)(C)C)ccc32)c1.[CH3-].[CH3-].[Hf]. The van der Waals surface area contributed by atoms with Gasteiger partial charge in [0.05, 0.1) is 44.6 Å². The number of halogens is 2. The fourth-order valence-electron chi connectivity index (χ4n) is 18.5. The van der Waals surface area contributed by atoms with Crippen molar-refractivity contribution in [1.29, 1.82) is 0 Å². The number of fused-ring (bicyclic) bond motifs is 6. The quantitative estimate of drug-likeness (QED) is 0.0575. The number of phenols is 2. The zero-order chi connectivity index (χ0) is 74.7. The molecule has 0 saturated heterocycles. The number of hydrogen-bond donors (Lipinski definition) is 2. The molecule has 106 heavy (non-hydrogen) atoms. The molecule has 0 atom stereocenters. The average Bonchev–Trinajstić information content (AvgIpc) is 1.56. The van der Waals surface area contributed by atoms with E-state index in [9.17, 15) is 10.2 Å². The predicted molar refractivity (Wildman–Crippen MR) is 450 cm³/mol. The smallest absolute Gasteiger partial charge is 0.268 e. The Morgan fingerprint density at radius 1 is 0.358 bits per heavy atom. The van der Waals surface area contributed by atoms with Crippen LogP contribution >= 0.6 is 0 Å². The third-order valence-electron chi connectivity index (χ3n) is 23.6. The van der Waals surface area contributed by atoms with Gasteiger partial charge in [0.15, 0.2) is 12.5 Å². The van der Waals surface area contributed by atoms with E-state index in [-0.39, 0.29) is 95.5 Å². The molecular formula is C96H128F2HfN2O4Si. The van der Waals surface area contributed by atoms with Crippen LogP contribution in [0.3, 0.4) is 0 Å². The Hall–Kier alpha value is -6.49. The first-order valence-electron chi connectivity index (χ1n) is 38.8. The Morgan fingerprint density at radius 2 is 0.642 bits per heavy atom. The van der Waals surface area contributed by atoms with Crippen molar-refractivity contribution in [3.8, 4) is 56.6 Å². The molecule has 10 heteroatoms. The molecule has 568 valence electrons. The van der Waals surface area contributed by atoms with E-state index in [1.165, 1.54) is 35.1 Å². The first-order chi connectivity index (χ1) is 47.9. The van der Waals surface area contributed by atoms with Gasteiger partial charge < -0.3 is 43.7 Å². The molecule has 0 spiro atoms. The van der Waals surface area contributed by atoms with Gasteiger partial charge in [0.1, 0.15) is 23.1 Å². The molecule has 2 aliphatic rings. The van der Waals surface area contributed by atoms with Crippen LogP contribution in [0.5, 0.6) is 23.0 Å². The molecule has 6 nitrogen and oxygen atoms in total. The van der Waals surface area contributed by atoms with Crippen LogP contribution in [-0.4, -0.2) is 49.4 Å². The third-order valence-corrected chi connectivity index (χ3v) is 29.5. The van der Waals surface area contributed by atoms with E-state index in [4.69, 9.17) is 9.47 Å². The van der Waals surface area contributed by atoms with Gasteiger partial charge in [-0.05, 0) is 198 Å². The largest absolute Gasteiger partial charge is 0.585 e. The summed E-state index contributed by atoms with van der Waals surface area (Å²) < 4.78 is 49.8. The van der Waals surface area contributed by atoms with Gasteiger partial charge in [-0.3, -0.25) is 0 Å². The summed E-state index contributed by atoms with van der Waals surface area (Å²) in [6.07, 6.45) is 14.2. The van der Waals surface area contributed by atoms with Gasteiger partial charge in [-0.1, -0.05) is 241 Å². The minimum absolute atomic E-state index is 0. The Kier molecular flexibility index (Phi) is 24.0. The molecule has 0 aliphatic heterocycles. The molecule has 2 heterocycles. The second-order valence-corrected chi connectivity index (χ2v) is 44.2. The number of benzene rings is 8. The minimum atomic E-state index is -2.76. The van der Waals surface area contributed by atoms with Crippen LogP contribution in [-0.2, 0) is 58.3 Å². The van der Waals surface area contributed by atoms with Gasteiger partial charge >= 0.3 is 0 Å². The van der Waals surface area contributed by atoms with Gasteiger partial charge in [0.2, 0.25) is 0 Å².